The third kappa shape index (κ3) is 3.36. The van der Waals surface area contributed by atoms with Crippen LogP contribution < -0.4 is 4.90 Å². The number of anilines is 1. The Balaban J connectivity index is 1.69. The third-order valence-corrected chi connectivity index (χ3v) is 6.40. The number of carbonyl (C=O) groups excluding carboxylic acids is 1. The minimum Gasteiger partial charge on any atom is -0.308 e. The highest BCUT2D eigenvalue weighted by atomic mass is 35.5. The summed E-state index contributed by atoms with van der Waals surface area (Å²) in [5, 5.41) is 3.71. The summed E-state index contributed by atoms with van der Waals surface area (Å²) in [5.41, 5.74) is 4.15. The van der Waals surface area contributed by atoms with Crippen molar-refractivity contribution in [2.24, 2.45) is 0 Å². The van der Waals surface area contributed by atoms with Gasteiger partial charge in [-0.2, -0.15) is 0 Å². The Morgan fingerprint density at radius 3 is 2.37 bits per heavy atom. The van der Waals surface area contributed by atoms with Gasteiger partial charge >= 0.3 is 0 Å². The second-order valence-corrected chi connectivity index (χ2v) is 8.45. The molecule has 1 aliphatic heterocycles. The molecule has 4 aromatic carbocycles. The van der Waals surface area contributed by atoms with Crippen LogP contribution in [0, 0.1) is 0 Å². The van der Waals surface area contributed by atoms with E-state index >= 15 is 0 Å². The largest absolute Gasteiger partial charge is 0.308 e. The van der Waals surface area contributed by atoms with Gasteiger partial charge in [-0.05, 0) is 51.7 Å². The average molecular weight is 432 g/mol. The summed E-state index contributed by atoms with van der Waals surface area (Å²) in [6, 6.07) is 28.0. The van der Waals surface area contributed by atoms with Crippen molar-refractivity contribution in [3.8, 4) is 0 Å². The highest BCUT2D eigenvalue weighted by Gasteiger charge is 2.34. The van der Waals surface area contributed by atoms with Gasteiger partial charge in [-0.25, -0.2) is 0 Å². The summed E-state index contributed by atoms with van der Waals surface area (Å²) < 4.78 is 0. The van der Waals surface area contributed by atoms with Crippen LogP contribution in [-0.2, 0) is 11.3 Å². The molecule has 4 aromatic rings. The second-order valence-electron chi connectivity index (χ2n) is 7.60. The first-order valence-electron chi connectivity index (χ1n) is 9.92. The lowest BCUT2D eigenvalue weighted by Crippen LogP contribution is -2.36. The first kappa shape index (κ1) is 19.2. The van der Waals surface area contributed by atoms with E-state index in [0.717, 1.165) is 33.2 Å². The highest BCUT2D eigenvalue weighted by Crippen LogP contribution is 2.45. The van der Waals surface area contributed by atoms with Crippen LogP contribution >= 0.6 is 23.2 Å². The maximum absolute atomic E-state index is 13.3. The monoisotopic (exact) mass is 431 g/mol. The van der Waals surface area contributed by atoms with E-state index in [2.05, 4.69) is 24.3 Å². The molecule has 0 saturated heterocycles. The molecule has 1 amide bonds. The Labute approximate surface area is 185 Å². The van der Waals surface area contributed by atoms with Crippen LogP contribution in [0.4, 0.5) is 5.69 Å². The molecule has 0 N–H and O–H groups in total. The fourth-order valence-electron chi connectivity index (χ4n) is 4.38. The van der Waals surface area contributed by atoms with Crippen molar-refractivity contribution in [2.45, 2.75) is 18.9 Å². The fraction of sp³-hybridized carbons (Fsp3) is 0.115. The molecule has 2 nitrogen and oxygen atoms in total. The first-order valence-corrected chi connectivity index (χ1v) is 10.7. The van der Waals surface area contributed by atoms with Gasteiger partial charge in [0.1, 0.15) is 0 Å². The third-order valence-electron chi connectivity index (χ3n) is 5.80. The highest BCUT2D eigenvalue weighted by molar-refractivity contribution is 6.31. The molecule has 0 fully saturated rings. The molecule has 1 unspecified atom stereocenters. The van der Waals surface area contributed by atoms with Gasteiger partial charge in [0.2, 0.25) is 5.91 Å². The number of hydrogen-bond donors (Lipinski definition) is 0. The lowest BCUT2D eigenvalue weighted by molar-refractivity contribution is -0.119. The van der Waals surface area contributed by atoms with Crippen LogP contribution in [0.1, 0.15) is 29.0 Å². The number of nitrogens with zero attached hydrogens (tertiary/aromatic N) is 1. The molecule has 0 bridgehead atoms. The average Bonchev–Trinajstić information content (AvgIpc) is 2.77. The maximum Gasteiger partial charge on any atom is 0.228 e. The zero-order chi connectivity index (χ0) is 20.7. The molecular weight excluding hydrogens is 413 g/mol. The standard InChI is InChI=1S/C26H19Cl2NO/c27-19-12-9-17(10-13-19)16-29-24-14-11-18-5-1-2-6-20(18)26(24)22(15-25(29)30)21-7-3-4-8-23(21)28/h1-14,22H,15-16H2. The number of halogens is 2. The van der Waals surface area contributed by atoms with E-state index in [0.29, 0.717) is 23.0 Å². The summed E-state index contributed by atoms with van der Waals surface area (Å²) in [7, 11) is 0. The molecule has 0 spiro atoms. The van der Waals surface area contributed by atoms with E-state index < -0.39 is 0 Å². The Morgan fingerprint density at radius 2 is 1.57 bits per heavy atom. The maximum atomic E-state index is 13.3. The van der Waals surface area contributed by atoms with E-state index in [1.54, 1.807) is 0 Å². The molecule has 30 heavy (non-hydrogen) atoms. The summed E-state index contributed by atoms with van der Waals surface area (Å²) >= 11 is 12.6. The van der Waals surface area contributed by atoms with Gasteiger partial charge in [0.25, 0.3) is 0 Å². The van der Waals surface area contributed by atoms with Gasteiger partial charge < -0.3 is 4.90 Å². The molecule has 1 heterocycles. The summed E-state index contributed by atoms with van der Waals surface area (Å²) in [6.07, 6.45) is 0.387. The number of carbonyl (C=O) groups is 1. The molecule has 4 heteroatoms. The minimum absolute atomic E-state index is 0.0752. The van der Waals surface area contributed by atoms with Crippen LogP contribution in [0.5, 0.6) is 0 Å². The molecule has 5 rings (SSSR count). The van der Waals surface area contributed by atoms with Gasteiger partial charge in [-0.15, -0.1) is 0 Å². The van der Waals surface area contributed by atoms with E-state index in [4.69, 9.17) is 23.2 Å². The number of fused-ring (bicyclic) bond motifs is 3. The molecule has 0 radical (unpaired) electrons. The SMILES string of the molecule is O=C1CC(c2ccccc2Cl)c2c(ccc3ccccc23)N1Cc1ccc(Cl)cc1. The Morgan fingerprint density at radius 1 is 0.833 bits per heavy atom. The summed E-state index contributed by atoms with van der Waals surface area (Å²) in [5.74, 6) is 0.0198. The first-order chi connectivity index (χ1) is 14.6. The predicted molar refractivity (Wildman–Crippen MR) is 125 cm³/mol. The van der Waals surface area contributed by atoms with E-state index in [1.807, 2.05) is 65.6 Å². The quantitative estimate of drug-likeness (QED) is 0.335. The van der Waals surface area contributed by atoms with Crippen molar-refractivity contribution in [3.05, 3.63) is 112 Å². The summed E-state index contributed by atoms with van der Waals surface area (Å²) in [4.78, 5) is 15.2. The van der Waals surface area contributed by atoms with Crippen LogP contribution in [-0.4, -0.2) is 5.91 Å². The van der Waals surface area contributed by atoms with Gasteiger partial charge in [-0.3, -0.25) is 4.79 Å². The van der Waals surface area contributed by atoms with Crippen molar-refractivity contribution in [3.63, 3.8) is 0 Å². The molecule has 0 aliphatic carbocycles. The van der Waals surface area contributed by atoms with E-state index in [-0.39, 0.29) is 11.8 Å². The van der Waals surface area contributed by atoms with Crippen molar-refractivity contribution >= 4 is 45.6 Å². The minimum atomic E-state index is -0.0752. The lowest BCUT2D eigenvalue weighted by atomic mass is 9.81. The zero-order valence-corrected chi connectivity index (χ0v) is 17.7. The summed E-state index contributed by atoms with van der Waals surface area (Å²) in [6.45, 7) is 0.511. The number of amides is 1. The second kappa shape index (κ2) is 7.79. The number of rotatable bonds is 3. The number of hydrogen-bond acceptors (Lipinski definition) is 1. The fourth-order valence-corrected chi connectivity index (χ4v) is 4.77. The molecule has 0 saturated carbocycles. The molecule has 0 aromatic heterocycles. The topological polar surface area (TPSA) is 20.3 Å². The molecule has 1 aliphatic rings. The van der Waals surface area contributed by atoms with Crippen LogP contribution in [0.25, 0.3) is 10.8 Å². The normalized spacial score (nSPS) is 16.0. The van der Waals surface area contributed by atoms with Crippen LogP contribution in [0.15, 0.2) is 84.9 Å². The van der Waals surface area contributed by atoms with Gasteiger partial charge in [-0.1, -0.05) is 83.9 Å². The van der Waals surface area contributed by atoms with Crippen molar-refractivity contribution in [2.75, 3.05) is 4.90 Å². The van der Waals surface area contributed by atoms with Crippen LogP contribution in [0.2, 0.25) is 10.0 Å². The Kier molecular flexibility index (Phi) is 4.98. The van der Waals surface area contributed by atoms with Gasteiger partial charge in [0.05, 0.1) is 6.54 Å². The zero-order valence-electron chi connectivity index (χ0n) is 16.2. The van der Waals surface area contributed by atoms with E-state index in [9.17, 15) is 4.79 Å². The van der Waals surface area contributed by atoms with Crippen molar-refractivity contribution in [1.29, 1.82) is 0 Å². The van der Waals surface area contributed by atoms with Crippen LogP contribution in [0.3, 0.4) is 0 Å². The molecule has 148 valence electrons. The van der Waals surface area contributed by atoms with E-state index in [1.165, 1.54) is 0 Å². The predicted octanol–water partition coefficient (Wildman–Crippen LogP) is 7.22. The Bertz CT molecular complexity index is 1250. The smallest absolute Gasteiger partial charge is 0.228 e. The Hall–Kier alpha value is -2.81. The molecule has 1 atom stereocenters. The lowest BCUT2D eigenvalue weighted by Gasteiger charge is -2.35. The van der Waals surface area contributed by atoms with Gasteiger partial charge in [0, 0.05) is 28.1 Å². The molecular formula is C26H19Cl2NO. The van der Waals surface area contributed by atoms with Gasteiger partial charge in [0.15, 0.2) is 0 Å². The number of benzene rings is 4. The van der Waals surface area contributed by atoms with Crippen molar-refractivity contribution in [1.82, 2.24) is 0 Å². The van der Waals surface area contributed by atoms with Crippen molar-refractivity contribution < 1.29 is 4.79 Å².